The van der Waals surface area contributed by atoms with Gasteiger partial charge in [0.25, 0.3) is 0 Å². The van der Waals surface area contributed by atoms with Crippen LogP contribution in [0.5, 0.6) is 5.88 Å². The zero-order chi connectivity index (χ0) is 33.2. The molecule has 3 aromatic carbocycles. The van der Waals surface area contributed by atoms with Gasteiger partial charge in [-0.1, -0.05) is 35.9 Å². The topological polar surface area (TPSA) is 116 Å². The highest BCUT2D eigenvalue weighted by molar-refractivity contribution is 6.31. The van der Waals surface area contributed by atoms with Crippen LogP contribution in [0.1, 0.15) is 38.4 Å². The lowest BCUT2D eigenvalue weighted by Crippen LogP contribution is -2.24. The number of hydrogen-bond donors (Lipinski definition) is 1. The van der Waals surface area contributed by atoms with Crippen LogP contribution in [-0.2, 0) is 42.1 Å². The van der Waals surface area contributed by atoms with Crippen molar-refractivity contribution in [1.29, 1.82) is 0 Å². The molecule has 1 N–H and O–H groups in total. The van der Waals surface area contributed by atoms with Crippen LogP contribution in [0.25, 0.3) is 22.3 Å². The summed E-state index contributed by atoms with van der Waals surface area (Å²) in [5.41, 5.74) is 3.88. The van der Waals surface area contributed by atoms with Crippen LogP contribution in [0.2, 0.25) is 5.02 Å². The summed E-state index contributed by atoms with van der Waals surface area (Å²) in [5, 5.41) is 9.66. The molecule has 0 saturated heterocycles. The predicted molar refractivity (Wildman–Crippen MR) is 168 cm³/mol. The standard InChI is InChI=1S/C34H29ClF2N4O6/c1-45-9-8-41-29-13-22(33(42)43)12-27(37)32(29)39-30(41)14-21-11-26(36)24(15-25(21)35)28-4-3-5-31(38-28)47-18-19-6-7-20-16-40(34(44)46-2)17-23(20)10-19/h3-7,10-13,15H,8-9,14,16-18H2,1-2H3,(H,42,43). The van der Waals surface area contributed by atoms with Gasteiger partial charge in [-0.15, -0.1) is 0 Å². The second kappa shape index (κ2) is 13.3. The molecule has 13 heteroatoms. The fourth-order valence-electron chi connectivity index (χ4n) is 5.61. The third-order valence-corrected chi connectivity index (χ3v) is 8.30. The van der Waals surface area contributed by atoms with Crippen LogP contribution in [0.15, 0.2) is 60.7 Å². The van der Waals surface area contributed by atoms with Crippen LogP contribution in [-0.4, -0.2) is 57.4 Å². The van der Waals surface area contributed by atoms with Gasteiger partial charge in [0, 0.05) is 49.8 Å². The molecule has 0 saturated carbocycles. The average Bonchev–Trinajstić information content (AvgIpc) is 3.65. The molecule has 47 heavy (non-hydrogen) atoms. The highest BCUT2D eigenvalue weighted by Crippen LogP contribution is 2.32. The third kappa shape index (κ3) is 6.60. The molecule has 1 aliphatic rings. The SMILES string of the molecule is COCCn1c(Cc2cc(F)c(-c3cccc(OCc4ccc5c(c4)CN(C(=O)OC)C5)n3)cc2Cl)nc2c(F)cc(C(=O)O)cc21. The Labute approximate surface area is 273 Å². The number of carboxylic acid groups (broad SMARTS) is 1. The van der Waals surface area contributed by atoms with E-state index in [0.29, 0.717) is 30.2 Å². The van der Waals surface area contributed by atoms with E-state index in [0.717, 1.165) is 22.8 Å². The molecule has 10 nitrogen and oxygen atoms in total. The monoisotopic (exact) mass is 662 g/mol. The van der Waals surface area contributed by atoms with Crippen LogP contribution in [0.4, 0.5) is 13.6 Å². The highest BCUT2D eigenvalue weighted by Gasteiger charge is 2.24. The maximum Gasteiger partial charge on any atom is 0.410 e. The number of aromatic carboxylic acids is 1. The van der Waals surface area contributed by atoms with Crippen molar-refractivity contribution in [2.75, 3.05) is 20.8 Å². The zero-order valence-corrected chi connectivity index (χ0v) is 26.2. The number of rotatable bonds is 10. The number of pyridine rings is 1. The van der Waals surface area contributed by atoms with Gasteiger partial charge in [-0.3, -0.25) is 4.90 Å². The smallest absolute Gasteiger partial charge is 0.410 e. The lowest BCUT2D eigenvalue weighted by Gasteiger charge is -2.12. The average molecular weight is 663 g/mol. The molecule has 0 atom stereocenters. The van der Waals surface area contributed by atoms with E-state index in [1.54, 1.807) is 27.7 Å². The summed E-state index contributed by atoms with van der Waals surface area (Å²) in [5.74, 6) is -1.98. The van der Waals surface area contributed by atoms with E-state index in [9.17, 15) is 19.1 Å². The van der Waals surface area contributed by atoms with Gasteiger partial charge in [0.05, 0.1) is 30.5 Å². The molecular formula is C34H29ClF2N4O6. The van der Waals surface area contributed by atoms with E-state index in [-0.39, 0.29) is 65.3 Å². The number of carboxylic acids is 1. The number of ether oxygens (including phenoxy) is 3. The Kier molecular flexibility index (Phi) is 9.06. The number of fused-ring (bicyclic) bond motifs is 2. The maximum absolute atomic E-state index is 15.6. The Morgan fingerprint density at radius 1 is 0.979 bits per heavy atom. The molecule has 0 bridgehead atoms. The van der Waals surface area contributed by atoms with Gasteiger partial charge in [-0.2, -0.15) is 0 Å². The number of aromatic nitrogens is 3. The van der Waals surface area contributed by atoms with Crippen molar-refractivity contribution in [2.24, 2.45) is 0 Å². The number of carbonyl (C=O) groups excluding carboxylic acids is 1. The van der Waals surface area contributed by atoms with Crippen molar-refractivity contribution in [1.82, 2.24) is 19.4 Å². The van der Waals surface area contributed by atoms with Crippen molar-refractivity contribution in [2.45, 2.75) is 32.7 Å². The number of nitrogens with zero attached hydrogens (tertiary/aromatic N) is 4. The van der Waals surface area contributed by atoms with Gasteiger partial charge in [-0.25, -0.2) is 28.3 Å². The third-order valence-electron chi connectivity index (χ3n) is 7.95. The number of amides is 1. The predicted octanol–water partition coefficient (Wildman–Crippen LogP) is 6.63. The number of imidazole rings is 1. The maximum atomic E-state index is 15.6. The molecule has 1 aliphatic heterocycles. The van der Waals surface area contributed by atoms with Crippen molar-refractivity contribution in [3.63, 3.8) is 0 Å². The second-order valence-electron chi connectivity index (χ2n) is 11.0. The Morgan fingerprint density at radius 3 is 2.55 bits per heavy atom. The fourth-order valence-corrected chi connectivity index (χ4v) is 5.84. The van der Waals surface area contributed by atoms with Gasteiger partial charge >= 0.3 is 12.1 Å². The second-order valence-corrected chi connectivity index (χ2v) is 11.4. The molecule has 1 amide bonds. The van der Waals surface area contributed by atoms with E-state index in [2.05, 4.69) is 9.97 Å². The van der Waals surface area contributed by atoms with Gasteiger partial charge in [0.2, 0.25) is 5.88 Å². The lowest BCUT2D eigenvalue weighted by molar-refractivity contribution is 0.0696. The van der Waals surface area contributed by atoms with Crippen molar-refractivity contribution in [3.05, 3.63) is 111 Å². The molecule has 0 unspecified atom stereocenters. The largest absolute Gasteiger partial charge is 0.478 e. The van der Waals surface area contributed by atoms with Crippen molar-refractivity contribution < 1.29 is 37.7 Å². The first-order chi connectivity index (χ1) is 22.6. The summed E-state index contributed by atoms with van der Waals surface area (Å²) in [4.78, 5) is 33.9. The number of methoxy groups -OCH3 is 2. The summed E-state index contributed by atoms with van der Waals surface area (Å²) in [7, 11) is 2.86. The summed E-state index contributed by atoms with van der Waals surface area (Å²) in [6.07, 6.45) is -0.334. The summed E-state index contributed by atoms with van der Waals surface area (Å²) in [6, 6.07) is 15.9. The highest BCUT2D eigenvalue weighted by atomic mass is 35.5. The zero-order valence-electron chi connectivity index (χ0n) is 25.4. The fraction of sp³-hybridized carbons (Fsp3) is 0.235. The lowest BCUT2D eigenvalue weighted by atomic mass is 10.0. The van der Waals surface area contributed by atoms with E-state index < -0.39 is 17.6 Å². The number of benzene rings is 3. The molecular weight excluding hydrogens is 634 g/mol. The Morgan fingerprint density at radius 2 is 1.79 bits per heavy atom. The van der Waals surface area contributed by atoms with Crippen LogP contribution in [0.3, 0.4) is 0 Å². The summed E-state index contributed by atoms with van der Waals surface area (Å²) >= 11 is 6.65. The number of halogens is 3. The minimum Gasteiger partial charge on any atom is -0.478 e. The molecule has 0 spiro atoms. The first-order valence-electron chi connectivity index (χ1n) is 14.6. The quantitative estimate of drug-likeness (QED) is 0.177. The van der Waals surface area contributed by atoms with Gasteiger partial charge in [0.1, 0.15) is 23.8 Å². The van der Waals surface area contributed by atoms with E-state index >= 15 is 4.39 Å². The molecule has 5 aromatic rings. The molecule has 2 aromatic heterocycles. The number of hydrogen-bond acceptors (Lipinski definition) is 7. The molecule has 242 valence electrons. The Balaban J connectivity index is 1.21. The minimum absolute atomic E-state index is 0.00149. The summed E-state index contributed by atoms with van der Waals surface area (Å²) < 4.78 is 48.0. The van der Waals surface area contributed by atoms with Gasteiger partial charge < -0.3 is 23.9 Å². The van der Waals surface area contributed by atoms with Crippen LogP contribution in [0, 0.1) is 11.6 Å². The Hall–Kier alpha value is -5.07. The van der Waals surface area contributed by atoms with E-state index in [4.69, 9.17) is 25.8 Å². The Bertz CT molecular complexity index is 2020. The van der Waals surface area contributed by atoms with Crippen LogP contribution >= 0.6 is 11.6 Å². The normalized spacial score (nSPS) is 12.4. The number of carbonyl (C=O) groups is 2. The minimum atomic E-state index is -1.27. The van der Waals surface area contributed by atoms with Crippen LogP contribution < -0.4 is 4.74 Å². The molecule has 0 aliphatic carbocycles. The van der Waals surface area contributed by atoms with Gasteiger partial charge in [-0.05, 0) is 52.6 Å². The van der Waals surface area contributed by atoms with Gasteiger partial charge in [0.15, 0.2) is 5.82 Å². The molecule has 6 rings (SSSR count). The molecule has 0 fully saturated rings. The summed E-state index contributed by atoms with van der Waals surface area (Å²) in [6.45, 7) is 1.66. The first-order valence-corrected chi connectivity index (χ1v) is 15.0. The van der Waals surface area contributed by atoms with Crippen molar-refractivity contribution >= 4 is 34.7 Å². The first kappa shape index (κ1) is 31.9. The van der Waals surface area contributed by atoms with E-state index in [1.165, 1.54) is 32.4 Å². The molecule has 3 heterocycles. The molecule has 0 radical (unpaired) electrons. The van der Waals surface area contributed by atoms with E-state index in [1.807, 2.05) is 18.2 Å². The van der Waals surface area contributed by atoms with Crippen molar-refractivity contribution in [3.8, 4) is 17.1 Å².